The van der Waals surface area contributed by atoms with Crippen molar-refractivity contribution in [2.75, 3.05) is 26.2 Å². The van der Waals surface area contributed by atoms with Crippen LogP contribution in [0.5, 0.6) is 0 Å². The Morgan fingerprint density at radius 2 is 2.04 bits per heavy atom. The van der Waals surface area contributed by atoms with Crippen LogP contribution in [0.4, 0.5) is 8.78 Å². The minimum Gasteiger partial charge on any atom is -0.466 e. The molecule has 148 valence electrons. The molecule has 0 aliphatic carbocycles. The third-order valence-electron chi connectivity index (χ3n) is 4.67. The predicted octanol–water partition coefficient (Wildman–Crippen LogP) is 1.82. The molecule has 1 saturated heterocycles. The average Bonchev–Trinajstić information content (AvgIpc) is 2.62. The van der Waals surface area contributed by atoms with Crippen molar-refractivity contribution in [1.29, 1.82) is 0 Å². The highest BCUT2D eigenvalue weighted by Gasteiger charge is 2.45. The van der Waals surface area contributed by atoms with Gasteiger partial charge in [0.1, 0.15) is 11.6 Å². The summed E-state index contributed by atoms with van der Waals surface area (Å²) in [5, 5.41) is 2.44. The number of likely N-dealkylation sites (tertiary alicyclic amines) is 1. The molecule has 6 nitrogen and oxygen atoms in total. The number of nitrogens with zero attached hydrogens (tertiary/aromatic N) is 1. The van der Waals surface area contributed by atoms with Crippen LogP contribution in [0.3, 0.4) is 0 Å². The second kappa shape index (κ2) is 8.92. The van der Waals surface area contributed by atoms with E-state index in [-0.39, 0.29) is 43.5 Å². The maximum atomic E-state index is 14.2. The van der Waals surface area contributed by atoms with Crippen molar-refractivity contribution >= 4 is 17.8 Å². The van der Waals surface area contributed by atoms with E-state index >= 15 is 0 Å². The minimum atomic E-state index is -1.11. The quantitative estimate of drug-likeness (QED) is 0.762. The number of halogens is 2. The molecule has 0 aromatic heterocycles. The molecule has 1 N–H and O–H groups in total. The number of hydrogen-bond donors (Lipinski definition) is 1. The van der Waals surface area contributed by atoms with Gasteiger partial charge in [0.05, 0.1) is 18.6 Å². The summed E-state index contributed by atoms with van der Waals surface area (Å²) >= 11 is 0. The molecule has 1 aromatic rings. The number of hydrogen-bond acceptors (Lipinski definition) is 4. The van der Waals surface area contributed by atoms with Gasteiger partial charge in [-0.3, -0.25) is 14.4 Å². The molecule has 2 rings (SSSR count). The Morgan fingerprint density at radius 3 is 2.67 bits per heavy atom. The molecule has 1 heterocycles. The van der Waals surface area contributed by atoms with Gasteiger partial charge in [0.15, 0.2) is 0 Å². The lowest BCUT2D eigenvalue weighted by Crippen LogP contribution is -2.53. The van der Waals surface area contributed by atoms with E-state index in [0.717, 1.165) is 12.1 Å². The summed E-state index contributed by atoms with van der Waals surface area (Å²) in [7, 11) is 0. The number of rotatable bonds is 6. The summed E-state index contributed by atoms with van der Waals surface area (Å²) in [4.78, 5) is 37.6. The summed E-state index contributed by atoms with van der Waals surface area (Å²) in [5.74, 6) is -2.59. The maximum Gasteiger partial charge on any atom is 0.314 e. The van der Waals surface area contributed by atoms with Crippen LogP contribution in [0.1, 0.15) is 32.3 Å². The van der Waals surface area contributed by atoms with Gasteiger partial charge in [-0.25, -0.2) is 8.78 Å². The monoisotopic (exact) mass is 382 g/mol. The largest absolute Gasteiger partial charge is 0.466 e. The summed E-state index contributed by atoms with van der Waals surface area (Å²) < 4.78 is 32.6. The molecular weight excluding hydrogens is 358 g/mol. The van der Waals surface area contributed by atoms with Gasteiger partial charge < -0.3 is 15.0 Å². The molecule has 0 saturated carbocycles. The van der Waals surface area contributed by atoms with E-state index in [1.807, 2.05) is 0 Å². The van der Waals surface area contributed by atoms with E-state index in [0.29, 0.717) is 19.4 Å². The smallest absolute Gasteiger partial charge is 0.314 e. The number of carbonyl (C=O) groups is 3. The van der Waals surface area contributed by atoms with Crippen LogP contribution in [-0.2, 0) is 25.5 Å². The van der Waals surface area contributed by atoms with Crippen molar-refractivity contribution in [1.82, 2.24) is 10.2 Å². The molecule has 1 fully saturated rings. The van der Waals surface area contributed by atoms with Gasteiger partial charge in [-0.15, -0.1) is 0 Å². The molecule has 0 spiro atoms. The first kappa shape index (κ1) is 20.8. The number of carbonyl (C=O) groups excluding carboxylic acids is 3. The topological polar surface area (TPSA) is 75.7 Å². The van der Waals surface area contributed by atoms with E-state index in [2.05, 4.69) is 5.32 Å². The zero-order valence-electron chi connectivity index (χ0n) is 15.5. The summed E-state index contributed by atoms with van der Waals surface area (Å²) in [6.45, 7) is 3.47. The van der Waals surface area contributed by atoms with Crippen LogP contribution in [0.15, 0.2) is 18.2 Å². The number of amides is 2. The SMILES string of the molecule is CCOC(=O)[C@@]1(Cc2ccc(F)cc2F)CCCN(C(=O)CNC(C)=O)C1. The van der Waals surface area contributed by atoms with Crippen molar-refractivity contribution < 1.29 is 27.9 Å². The van der Waals surface area contributed by atoms with Crippen molar-refractivity contribution in [3.8, 4) is 0 Å². The number of esters is 1. The molecule has 1 aliphatic rings. The number of benzene rings is 1. The Labute approximate surface area is 156 Å². The molecule has 1 aliphatic heterocycles. The van der Waals surface area contributed by atoms with E-state index in [4.69, 9.17) is 4.74 Å². The highest BCUT2D eigenvalue weighted by molar-refractivity contribution is 5.85. The molecule has 0 unspecified atom stereocenters. The van der Waals surface area contributed by atoms with Crippen molar-refractivity contribution in [3.63, 3.8) is 0 Å². The van der Waals surface area contributed by atoms with Gasteiger partial charge in [-0.1, -0.05) is 6.07 Å². The highest BCUT2D eigenvalue weighted by atomic mass is 19.1. The lowest BCUT2D eigenvalue weighted by molar-refractivity contribution is -0.160. The predicted molar refractivity (Wildman–Crippen MR) is 93.6 cm³/mol. The second-order valence-electron chi connectivity index (χ2n) is 6.74. The summed E-state index contributed by atoms with van der Waals surface area (Å²) in [5.41, 5.74) is -0.917. The van der Waals surface area contributed by atoms with Crippen LogP contribution in [0.25, 0.3) is 0 Å². The highest BCUT2D eigenvalue weighted by Crippen LogP contribution is 2.36. The van der Waals surface area contributed by atoms with Gasteiger partial charge in [0.25, 0.3) is 0 Å². The first-order valence-corrected chi connectivity index (χ1v) is 8.91. The number of nitrogens with one attached hydrogen (secondary N) is 1. The Balaban J connectivity index is 2.25. The molecule has 1 atom stereocenters. The van der Waals surface area contributed by atoms with Crippen molar-refractivity contribution in [3.05, 3.63) is 35.4 Å². The van der Waals surface area contributed by atoms with E-state index < -0.39 is 23.0 Å². The van der Waals surface area contributed by atoms with Crippen LogP contribution in [-0.4, -0.2) is 48.9 Å². The molecule has 8 heteroatoms. The van der Waals surface area contributed by atoms with Gasteiger partial charge in [-0.2, -0.15) is 0 Å². The standard InChI is InChI=1S/C19H24F2N2O4/c1-3-27-18(26)19(10-14-5-6-15(20)9-16(14)21)7-4-8-23(12-19)17(25)11-22-13(2)24/h5-6,9H,3-4,7-8,10-12H2,1-2H3,(H,22,24)/t19-/m1/s1. The fourth-order valence-electron chi connectivity index (χ4n) is 3.35. The summed E-state index contributed by atoms with van der Waals surface area (Å²) in [6.07, 6.45) is 0.960. The van der Waals surface area contributed by atoms with Crippen LogP contribution >= 0.6 is 0 Å². The van der Waals surface area contributed by atoms with Gasteiger partial charge in [0, 0.05) is 26.1 Å². The Kier molecular flexibility index (Phi) is 6.87. The van der Waals surface area contributed by atoms with Crippen LogP contribution < -0.4 is 5.32 Å². The molecule has 27 heavy (non-hydrogen) atoms. The Hall–Kier alpha value is -2.51. The van der Waals surface area contributed by atoms with Gasteiger partial charge in [-0.05, 0) is 37.8 Å². The molecule has 0 bridgehead atoms. The molecule has 1 aromatic carbocycles. The number of ether oxygens (including phenoxy) is 1. The first-order chi connectivity index (χ1) is 12.8. The Morgan fingerprint density at radius 1 is 1.30 bits per heavy atom. The van der Waals surface area contributed by atoms with Crippen LogP contribution in [0, 0.1) is 17.0 Å². The minimum absolute atomic E-state index is 0.00185. The fourth-order valence-corrected chi connectivity index (χ4v) is 3.35. The van der Waals surface area contributed by atoms with Crippen LogP contribution in [0.2, 0.25) is 0 Å². The first-order valence-electron chi connectivity index (χ1n) is 8.91. The van der Waals surface area contributed by atoms with E-state index in [1.54, 1.807) is 6.92 Å². The normalized spacial score (nSPS) is 19.5. The second-order valence-corrected chi connectivity index (χ2v) is 6.74. The lowest BCUT2D eigenvalue weighted by atomic mass is 9.75. The molecule has 0 radical (unpaired) electrons. The summed E-state index contributed by atoms with van der Waals surface area (Å²) in [6, 6.07) is 3.22. The fraction of sp³-hybridized carbons (Fsp3) is 0.526. The third-order valence-corrected chi connectivity index (χ3v) is 4.67. The van der Waals surface area contributed by atoms with E-state index in [9.17, 15) is 23.2 Å². The maximum absolute atomic E-state index is 14.2. The molecular formula is C19H24F2N2O4. The molecule has 2 amide bonds. The zero-order chi connectivity index (χ0) is 20.0. The average molecular weight is 382 g/mol. The van der Waals surface area contributed by atoms with E-state index in [1.165, 1.54) is 17.9 Å². The number of piperidine rings is 1. The Bertz CT molecular complexity index is 726. The van der Waals surface area contributed by atoms with Gasteiger partial charge in [0.2, 0.25) is 11.8 Å². The zero-order valence-corrected chi connectivity index (χ0v) is 15.5. The van der Waals surface area contributed by atoms with Crippen molar-refractivity contribution in [2.24, 2.45) is 5.41 Å². The lowest BCUT2D eigenvalue weighted by Gasteiger charge is -2.41. The van der Waals surface area contributed by atoms with Gasteiger partial charge >= 0.3 is 5.97 Å². The van der Waals surface area contributed by atoms with Crippen molar-refractivity contribution in [2.45, 2.75) is 33.1 Å². The third kappa shape index (κ3) is 5.24.